The molecule has 1 aromatic rings. The van der Waals surface area contributed by atoms with Crippen molar-refractivity contribution < 1.29 is 60.3 Å². The SMILES string of the molecule is CCC[I-]C1CCCC([I-]CCC)C1[N]=[Mo]=[CH]C(C)(C)c1ccccc1. The van der Waals surface area contributed by atoms with Crippen LogP contribution >= 0.6 is 0 Å². The maximum atomic E-state index is 5.49. The van der Waals surface area contributed by atoms with Crippen molar-refractivity contribution in [1.29, 1.82) is 0 Å². The number of alkyl halides is 4. The summed E-state index contributed by atoms with van der Waals surface area (Å²) in [5, 5.41) is 0. The Morgan fingerprint density at radius 1 is 1.04 bits per heavy atom. The Hall–Kier alpha value is 1.04. The zero-order valence-electron chi connectivity index (χ0n) is 16.8. The van der Waals surface area contributed by atoms with Crippen LogP contribution < -0.4 is 42.4 Å². The zero-order valence-corrected chi connectivity index (χ0v) is 23.1. The summed E-state index contributed by atoms with van der Waals surface area (Å²) in [6.07, 6.45) is 7.24. The number of nitrogens with zero attached hydrogens (tertiary/aromatic N) is 1. The first-order chi connectivity index (χ1) is 12.6. The molecular formula is C22H35I2MoN-2. The van der Waals surface area contributed by atoms with E-state index in [0.29, 0.717) is 42.4 Å². The second-order valence-electron chi connectivity index (χ2n) is 7.56. The van der Waals surface area contributed by atoms with Crippen LogP contribution in [0.1, 0.15) is 65.4 Å². The molecule has 1 aromatic carbocycles. The van der Waals surface area contributed by atoms with E-state index in [2.05, 4.69) is 62.4 Å². The van der Waals surface area contributed by atoms with E-state index < -0.39 is 0 Å². The van der Waals surface area contributed by atoms with Gasteiger partial charge in [-0.3, -0.25) is 0 Å². The van der Waals surface area contributed by atoms with E-state index in [1.165, 1.54) is 46.5 Å². The van der Waals surface area contributed by atoms with Gasteiger partial charge in [0.2, 0.25) is 0 Å². The number of halogens is 2. The third-order valence-electron chi connectivity index (χ3n) is 4.74. The second-order valence-corrected chi connectivity index (χ2v) is 16.3. The van der Waals surface area contributed by atoms with Gasteiger partial charge in [0, 0.05) is 0 Å². The molecule has 0 bridgehead atoms. The molecule has 2 atom stereocenters. The van der Waals surface area contributed by atoms with Gasteiger partial charge in [-0.15, -0.1) is 0 Å². The van der Waals surface area contributed by atoms with Gasteiger partial charge in [-0.25, -0.2) is 0 Å². The van der Waals surface area contributed by atoms with Crippen LogP contribution in [0.4, 0.5) is 0 Å². The minimum atomic E-state index is -0.367. The molecular weight excluding hydrogens is 628 g/mol. The van der Waals surface area contributed by atoms with Crippen LogP contribution in [0.25, 0.3) is 0 Å². The third-order valence-corrected chi connectivity index (χ3v) is 15.7. The molecule has 0 radical (unpaired) electrons. The van der Waals surface area contributed by atoms with E-state index in [4.69, 9.17) is 3.50 Å². The summed E-state index contributed by atoms with van der Waals surface area (Å²) in [5.74, 6) is 0. The van der Waals surface area contributed by atoms with Crippen molar-refractivity contribution >= 4 is 4.40 Å². The molecule has 1 nitrogen and oxygen atoms in total. The topological polar surface area (TPSA) is 12.4 Å². The molecule has 0 spiro atoms. The van der Waals surface area contributed by atoms with Crippen molar-refractivity contribution in [2.45, 2.75) is 79.1 Å². The molecule has 4 heteroatoms. The van der Waals surface area contributed by atoms with Gasteiger partial charge in [0.1, 0.15) is 0 Å². The normalized spacial score (nSPS) is 23.8. The summed E-state index contributed by atoms with van der Waals surface area (Å²) in [4.78, 5) is 0. The Morgan fingerprint density at radius 2 is 1.62 bits per heavy atom. The van der Waals surface area contributed by atoms with Gasteiger partial charge in [0.25, 0.3) is 0 Å². The number of benzene rings is 1. The van der Waals surface area contributed by atoms with Crippen molar-refractivity contribution in [1.82, 2.24) is 0 Å². The first kappa shape index (κ1) is 23.3. The molecule has 2 unspecified atom stereocenters. The predicted molar refractivity (Wildman–Crippen MR) is 103 cm³/mol. The molecule has 1 fully saturated rings. The molecule has 0 aromatic heterocycles. The molecule has 1 aliphatic rings. The van der Waals surface area contributed by atoms with Gasteiger partial charge in [-0.05, 0) is 0 Å². The van der Waals surface area contributed by atoms with Crippen LogP contribution in [-0.4, -0.2) is 27.1 Å². The Bertz CT molecular complexity index is 565. The first-order valence-corrected chi connectivity index (χ1v) is 17.6. The van der Waals surface area contributed by atoms with E-state index in [0.717, 1.165) is 13.9 Å². The van der Waals surface area contributed by atoms with Crippen LogP contribution in [0.3, 0.4) is 0 Å². The molecule has 0 N–H and O–H groups in total. The van der Waals surface area contributed by atoms with Gasteiger partial charge >= 0.3 is 192 Å². The van der Waals surface area contributed by atoms with Gasteiger partial charge in [-0.1, -0.05) is 0 Å². The minimum absolute atomic E-state index is 0.170. The average Bonchev–Trinajstić information content (AvgIpc) is 2.66. The number of rotatable bonds is 9. The summed E-state index contributed by atoms with van der Waals surface area (Å²) < 4.78 is 13.1. The number of hydrogen-bond acceptors (Lipinski definition) is 1. The van der Waals surface area contributed by atoms with Crippen molar-refractivity contribution in [2.75, 3.05) is 8.86 Å². The zero-order chi connectivity index (χ0) is 18.8. The van der Waals surface area contributed by atoms with Gasteiger partial charge in [-0.2, -0.15) is 0 Å². The van der Waals surface area contributed by atoms with E-state index in [1.807, 2.05) is 0 Å². The van der Waals surface area contributed by atoms with E-state index in [-0.39, 0.29) is 23.3 Å². The van der Waals surface area contributed by atoms with Crippen LogP contribution in [0, 0.1) is 0 Å². The fraction of sp³-hybridized carbons (Fsp3) is 0.682. The summed E-state index contributed by atoms with van der Waals surface area (Å²) in [5.41, 5.74) is 1.61. The summed E-state index contributed by atoms with van der Waals surface area (Å²) in [6, 6.07) is 11.8. The first-order valence-electron chi connectivity index (χ1n) is 9.99. The summed E-state index contributed by atoms with van der Waals surface area (Å²) >= 11 is 0.353. The molecule has 150 valence electrons. The van der Waals surface area contributed by atoms with Crippen molar-refractivity contribution in [3.8, 4) is 0 Å². The number of hydrogen-bond donors (Lipinski definition) is 0. The Labute approximate surface area is 190 Å². The van der Waals surface area contributed by atoms with Crippen molar-refractivity contribution in [3.63, 3.8) is 0 Å². The monoisotopic (exact) mass is 665 g/mol. The van der Waals surface area contributed by atoms with Crippen LogP contribution in [0.2, 0.25) is 0 Å². The van der Waals surface area contributed by atoms with Gasteiger partial charge < -0.3 is 0 Å². The van der Waals surface area contributed by atoms with E-state index >= 15 is 0 Å². The Morgan fingerprint density at radius 3 is 2.15 bits per heavy atom. The summed E-state index contributed by atoms with van der Waals surface area (Å²) in [6.45, 7) is 9.46. The second kappa shape index (κ2) is 12.6. The third kappa shape index (κ3) is 7.46. The Kier molecular flexibility index (Phi) is 11.3. The molecule has 1 saturated carbocycles. The Balaban J connectivity index is 2.16. The quantitative estimate of drug-likeness (QED) is 0.189. The molecule has 0 saturated heterocycles. The molecule has 0 amide bonds. The average molecular weight is 663 g/mol. The molecule has 0 heterocycles. The molecule has 0 aliphatic heterocycles. The van der Waals surface area contributed by atoms with Crippen LogP contribution in [0.15, 0.2) is 33.8 Å². The fourth-order valence-corrected chi connectivity index (χ4v) is 14.3. The van der Waals surface area contributed by atoms with Crippen molar-refractivity contribution in [2.24, 2.45) is 3.50 Å². The van der Waals surface area contributed by atoms with Gasteiger partial charge in [0.05, 0.1) is 0 Å². The predicted octanol–water partition coefficient (Wildman–Crippen LogP) is -0.680. The fourth-order valence-electron chi connectivity index (χ4n) is 3.21. The van der Waals surface area contributed by atoms with Crippen molar-refractivity contribution in [3.05, 3.63) is 35.9 Å². The molecule has 26 heavy (non-hydrogen) atoms. The van der Waals surface area contributed by atoms with Crippen LogP contribution in [-0.2, 0) is 23.3 Å². The maximum absolute atomic E-state index is 5.49. The molecule has 2 rings (SSSR count). The standard InChI is InChI=1S/C12H23I2N.C10H12.Mo/c1-3-8-13-10-6-5-7-11(12(10)15)14-9-4-2;1-10(2,3)9-7-5-4-6-8-9;/h10-12H,3-9H2,1-2H3;1,4-8H,2-3H3;/q-2;;. The van der Waals surface area contributed by atoms with E-state index in [1.54, 1.807) is 0 Å². The van der Waals surface area contributed by atoms with Gasteiger partial charge in [0.15, 0.2) is 0 Å². The van der Waals surface area contributed by atoms with E-state index in [9.17, 15) is 0 Å². The summed E-state index contributed by atoms with van der Waals surface area (Å²) in [7, 11) is 0. The molecule has 1 aliphatic carbocycles. The van der Waals surface area contributed by atoms with Crippen LogP contribution in [0.5, 0.6) is 0 Å².